The van der Waals surface area contributed by atoms with Gasteiger partial charge in [-0.05, 0) is 18.2 Å². The molecule has 0 aliphatic carbocycles. The molecule has 0 spiro atoms. The molecule has 0 aliphatic rings. The summed E-state index contributed by atoms with van der Waals surface area (Å²) in [5.41, 5.74) is 1.99. The molecule has 0 aliphatic heterocycles. The molecule has 10 heavy (non-hydrogen) atoms. The number of nitrogens with one attached hydrogen (secondary N) is 2. The van der Waals surface area contributed by atoms with Crippen molar-refractivity contribution >= 4 is 11.4 Å². The second-order valence-corrected chi connectivity index (χ2v) is 1.89. The first-order valence-electron chi connectivity index (χ1n) is 3.16. The zero-order valence-electron chi connectivity index (χ0n) is 6.15. The van der Waals surface area contributed by atoms with Gasteiger partial charge >= 0.3 is 0 Å². The van der Waals surface area contributed by atoms with Crippen LogP contribution in [0.1, 0.15) is 0 Å². The highest BCUT2D eigenvalue weighted by atomic mass is 14.9. The van der Waals surface area contributed by atoms with Crippen LogP contribution in [0.2, 0.25) is 0 Å². The SMILES string of the molecule is CNc1c#cccc1NC. The molecule has 1 aromatic carbocycles. The molecule has 1 rings (SSSR count). The summed E-state index contributed by atoms with van der Waals surface area (Å²) in [6.07, 6.45) is 0. The Bertz CT molecular complexity index is 185. The van der Waals surface area contributed by atoms with Crippen molar-refractivity contribution in [3.05, 3.63) is 24.3 Å². The molecular weight excluding hydrogens is 124 g/mol. The van der Waals surface area contributed by atoms with Gasteiger partial charge in [-0.15, -0.1) is 0 Å². The fraction of sp³-hybridized carbons (Fsp3) is 0.250. The van der Waals surface area contributed by atoms with Crippen LogP contribution in [0.4, 0.5) is 11.4 Å². The van der Waals surface area contributed by atoms with Crippen molar-refractivity contribution in [1.29, 1.82) is 0 Å². The van der Waals surface area contributed by atoms with Crippen molar-refractivity contribution in [2.45, 2.75) is 0 Å². The summed E-state index contributed by atoms with van der Waals surface area (Å²) in [7, 11) is 3.74. The standard InChI is InChI=1S/C8H10N2/c1-9-7-5-3-4-6-8(7)10-2/h3,5,9-10H,1-2H3. The van der Waals surface area contributed by atoms with E-state index in [2.05, 4.69) is 22.8 Å². The van der Waals surface area contributed by atoms with Gasteiger partial charge in [-0.25, -0.2) is 0 Å². The molecule has 1 aromatic rings. The van der Waals surface area contributed by atoms with Gasteiger partial charge < -0.3 is 10.6 Å². The molecule has 0 atom stereocenters. The van der Waals surface area contributed by atoms with E-state index < -0.39 is 0 Å². The summed E-state index contributed by atoms with van der Waals surface area (Å²) in [6.45, 7) is 0. The third-order valence-corrected chi connectivity index (χ3v) is 1.32. The van der Waals surface area contributed by atoms with E-state index >= 15 is 0 Å². The molecule has 0 amide bonds. The van der Waals surface area contributed by atoms with Gasteiger partial charge in [0, 0.05) is 14.1 Å². The zero-order valence-corrected chi connectivity index (χ0v) is 6.15. The molecule has 0 heterocycles. The first-order chi connectivity index (χ1) is 4.88. The minimum Gasteiger partial charge on any atom is -0.386 e. The maximum Gasteiger partial charge on any atom is 0.109 e. The Balaban J connectivity index is 2.96. The first-order valence-corrected chi connectivity index (χ1v) is 3.16. The Morgan fingerprint density at radius 3 is 2.60 bits per heavy atom. The monoisotopic (exact) mass is 134 g/mol. The third-order valence-electron chi connectivity index (χ3n) is 1.32. The lowest BCUT2D eigenvalue weighted by Crippen LogP contribution is -1.94. The molecule has 2 heteroatoms. The Morgan fingerprint density at radius 2 is 2.10 bits per heavy atom. The fourth-order valence-corrected chi connectivity index (χ4v) is 0.795. The summed E-state index contributed by atoms with van der Waals surface area (Å²) in [5, 5.41) is 6.03. The van der Waals surface area contributed by atoms with E-state index in [4.69, 9.17) is 0 Å². The quantitative estimate of drug-likeness (QED) is 0.638. The largest absolute Gasteiger partial charge is 0.386 e. The van der Waals surface area contributed by atoms with Gasteiger partial charge in [-0.2, -0.15) is 0 Å². The lowest BCUT2D eigenvalue weighted by molar-refractivity contribution is 1.46. The van der Waals surface area contributed by atoms with Crippen LogP contribution in [0, 0.1) is 12.1 Å². The highest BCUT2D eigenvalue weighted by Crippen LogP contribution is 2.15. The Hall–Kier alpha value is -1.36. The molecule has 0 fully saturated rings. The van der Waals surface area contributed by atoms with Crippen LogP contribution in [0.5, 0.6) is 0 Å². The van der Waals surface area contributed by atoms with Crippen molar-refractivity contribution in [2.24, 2.45) is 0 Å². The summed E-state index contributed by atoms with van der Waals surface area (Å²) in [5.74, 6) is 0. The average Bonchev–Trinajstić information content (AvgIpc) is 2.04. The van der Waals surface area contributed by atoms with E-state index in [1.54, 1.807) is 0 Å². The summed E-state index contributed by atoms with van der Waals surface area (Å²) < 4.78 is 0. The Labute approximate surface area is 61.3 Å². The van der Waals surface area contributed by atoms with Crippen LogP contribution in [0.25, 0.3) is 0 Å². The topological polar surface area (TPSA) is 24.1 Å². The highest BCUT2D eigenvalue weighted by molar-refractivity contribution is 5.65. The van der Waals surface area contributed by atoms with Crippen LogP contribution in [-0.4, -0.2) is 14.1 Å². The van der Waals surface area contributed by atoms with Crippen LogP contribution < -0.4 is 10.6 Å². The molecule has 2 nitrogen and oxygen atoms in total. The van der Waals surface area contributed by atoms with Crippen molar-refractivity contribution in [2.75, 3.05) is 24.7 Å². The highest BCUT2D eigenvalue weighted by Gasteiger charge is 1.92. The minimum absolute atomic E-state index is 0.949. The molecule has 0 unspecified atom stereocenters. The molecular formula is C8H10N2. The van der Waals surface area contributed by atoms with Gasteiger partial charge in [0.1, 0.15) is 5.69 Å². The van der Waals surface area contributed by atoms with E-state index in [0.29, 0.717) is 0 Å². The van der Waals surface area contributed by atoms with E-state index in [-0.39, 0.29) is 0 Å². The molecule has 52 valence electrons. The normalized spacial score (nSPS) is 8.20. The smallest absolute Gasteiger partial charge is 0.109 e. The van der Waals surface area contributed by atoms with Crippen LogP contribution in [-0.2, 0) is 0 Å². The van der Waals surface area contributed by atoms with Gasteiger partial charge in [0.25, 0.3) is 0 Å². The number of anilines is 2. The minimum atomic E-state index is 0.949. The average molecular weight is 134 g/mol. The third kappa shape index (κ3) is 1.14. The van der Waals surface area contributed by atoms with Gasteiger partial charge in [-0.1, -0.05) is 6.07 Å². The van der Waals surface area contributed by atoms with Crippen molar-refractivity contribution in [3.63, 3.8) is 0 Å². The maximum atomic E-state index is 3.03. The van der Waals surface area contributed by atoms with Crippen LogP contribution in [0.15, 0.2) is 12.1 Å². The van der Waals surface area contributed by atoms with Crippen molar-refractivity contribution in [1.82, 2.24) is 0 Å². The molecule has 2 N–H and O–H groups in total. The Kier molecular flexibility index (Phi) is 2.01. The van der Waals surface area contributed by atoms with E-state index in [1.807, 2.05) is 26.2 Å². The lowest BCUT2D eigenvalue weighted by atomic mass is 10.3. The van der Waals surface area contributed by atoms with Crippen molar-refractivity contribution < 1.29 is 0 Å². The van der Waals surface area contributed by atoms with Crippen LogP contribution >= 0.6 is 0 Å². The second-order valence-electron chi connectivity index (χ2n) is 1.89. The number of hydrogen-bond donors (Lipinski definition) is 2. The molecule has 0 saturated heterocycles. The van der Waals surface area contributed by atoms with Gasteiger partial charge in [0.15, 0.2) is 0 Å². The van der Waals surface area contributed by atoms with E-state index in [9.17, 15) is 0 Å². The van der Waals surface area contributed by atoms with E-state index in [0.717, 1.165) is 11.4 Å². The van der Waals surface area contributed by atoms with Crippen molar-refractivity contribution in [3.8, 4) is 0 Å². The summed E-state index contributed by atoms with van der Waals surface area (Å²) >= 11 is 0. The van der Waals surface area contributed by atoms with Gasteiger partial charge in [-0.3, -0.25) is 0 Å². The Morgan fingerprint density at radius 1 is 1.30 bits per heavy atom. The first kappa shape index (κ1) is 6.76. The molecule has 0 saturated carbocycles. The predicted octanol–water partition coefficient (Wildman–Crippen LogP) is 1.37. The summed E-state index contributed by atoms with van der Waals surface area (Å²) in [4.78, 5) is 0. The lowest BCUT2D eigenvalue weighted by Gasteiger charge is -2.02. The summed E-state index contributed by atoms with van der Waals surface area (Å²) in [6, 6.07) is 9.57. The van der Waals surface area contributed by atoms with Gasteiger partial charge in [0.05, 0.1) is 5.69 Å². The molecule has 0 bridgehead atoms. The fourth-order valence-electron chi connectivity index (χ4n) is 0.795. The van der Waals surface area contributed by atoms with Crippen LogP contribution in [0.3, 0.4) is 0 Å². The van der Waals surface area contributed by atoms with E-state index in [1.165, 1.54) is 0 Å². The van der Waals surface area contributed by atoms with Gasteiger partial charge in [0.2, 0.25) is 0 Å². The molecule has 0 aromatic heterocycles. The maximum absolute atomic E-state index is 3.03. The number of rotatable bonds is 2. The predicted molar refractivity (Wildman–Crippen MR) is 43.2 cm³/mol. The second kappa shape index (κ2) is 2.98. The number of hydrogen-bond acceptors (Lipinski definition) is 2. The zero-order chi connectivity index (χ0) is 7.40. The molecule has 0 radical (unpaired) electrons.